The summed E-state index contributed by atoms with van der Waals surface area (Å²) in [6.45, 7) is 7.44. The number of thiophene rings is 1. The van der Waals surface area contributed by atoms with Gasteiger partial charge < -0.3 is 5.32 Å². The van der Waals surface area contributed by atoms with Gasteiger partial charge in [0.2, 0.25) is 5.91 Å². The van der Waals surface area contributed by atoms with Gasteiger partial charge in [-0.05, 0) is 57.5 Å². The minimum absolute atomic E-state index is 0.0691. The Balaban J connectivity index is 1.97. The Morgan fingerprint density at radius 3 is 2.53 bits per heavy atom. The van der Waals surface area contributed by atoms with Gasteiger partial charge >= 0.3 is 6.03 Å². The zero-order chi connectivity index (χ0) is 22.0. The summed E-state index contributed by atoms with van der Waals surface area (Å²) in [5.74, 6) is -0.547. The fourth-order valence-electron chi connectivity index (χ4n) is 2.78. The lowest BCUT2D eigenvalue weighted by Crippen LogP contribution is -2.43. The molecule has 3 rings (SSSR count). The lowest BCUT2D eigenvalue weighted by molar-refractivity contribution is -0.117. The fourth-order valence-corrected chi connectivity index (χ4v) is 4.79. The van der Waals surface area contributed by atoms with Crippen LogP contribution in [0, 0.1) is 13.8 Å². The Morgan fingerprint density at radius 1 is 1.23 bits per heavy atom. The summed E-state index contributed by atoms with van der Waals surface area (Å²) in [5, 5.41) is 6.36. The number of carbonyl (C=O) groups is 2. The van der Waals surface area contributed by atoms with Crippen molar-refractivity contribution >= 4 is 56.9 Å². The van der Waals surface area contributed by atoms with Crippen LogP contribution in [0.4, 0.5) is 4.79 Å². The molecule has 0 aliphatic heterocycles. The molecule has 30 heavy (non-hydrogen) atoms. The highest BCUT2D eigenvalue weighted by Crippen LogP contribution is 2.29. The van der Waals surface area contributed by atoms with E-state index in [9.17, 15) is 14.4 Å². The van der Waals surface area contributed by atoms with Gasteiger partial charge in [0.25, 0.3) is 5.56 Å². The first-order valence-electron chi connectivity index (χ1n) is 9.19. The van der Waals surface area contributed by atoms with Crippen LogP contribution in [-0.2, 0) is 4.79 Å². The van der Waals surface area contributed by atoms with E-state index >= 15 is 0 Å². The highest BCUT2D eigenvalue weighted by Gasteiger charge is 2.19. The Labute approximate surface area is 186 Å². The zero-order valence-electron chi connectivity index (χ0n) is 16.9. The first kappa shape index (κ1) is 22.3. The van der Waals surface area contributed by atoms with Gasteiger partial charge in [-0.1, -0.05) is 23.4 Å². The number of aromatic nitrogens is 2. The highest BCUT2D eigenvalue weighted by atomic mass is 35.5. The molecule has 0 spiro atoms. The number of urea groups is 1. The molecule has 0 bridgehead atoms. The number of aryl methyl sites for hydroxylation is 2. The molecule has 158 valence electrons. The van der Waals surface area contributed by atoms with Crippen LogP contribution in [0.15, 0.2) is 34.2 Å². The van der Waals surface area contributed by atoms with E-state index in [1.54, 1.807) is 38.1 Å². The minimum Gasteiger partial charge on any atom is -0.336 e. The molecule has 2 N–H and O–H groups in total. The number of benzene rings is 1. The van der Waals surface area contributed by atoms with Crippen molar-refractivity contribution in [1.82, 2.24) is 20.2 Å². The largest absolute Gasteiger partial charge is 0.336 e. The topological polar surface area (TPSA) is 93.1 Å². The van der Waals surface area contributed by atoms with Crippen LogP contribution in [0.1, 0.15) is 24.3 Å². The maximum Gasteiger partial charge on any atom is 0.321 e. The Kier molecular flexibility index (Phi) is 6.84. The molecular formula is C20H21ClN4O3S2. The molecule has 0 aliphatic rings. The number of imide groups is 1. The SMILES string of the molecule is Cc1sc2nc(SCC(=O)NC(=O)NC(C)C)n(-c3ccc(Cl)cc3)c(=O)c2c1C. The summed E-state index contributed by atoms with van der Waals surface area (Å²) in [7, 11) is 0. The smallest absolute Gasteiger partial charge is 0.321 e. The number of hydrogen-bond donors (Lipinski definition) is 2. The number of fused-ring (bicyclic) bond motifs is 1. The van der Waals surface area contributed by atoms with Crippen molar-refractivity contribution < 1.29 is 9.59 Å². The number of hydrogen-bond acceptors (Lipinski definition) is 6. The number of amides is 3. The standard InChI is InChI=1S/C20H21ClN4O3S2/c1-10(2)22-19(28)23-15(26)9-29-20-24-17-16(11(3)12(4)30-17)18(27)25(20)14-7-5-13(21)6-8-14/h5-8,10H,9H2,1-4H3,(H2,22,23,26,28). The molecule has 0 radical (unpaired) electrons. The van der Waals surface area contributed by atoms with Crippen molar-refractivity contribution in [3.8, 4) is 5.69 Å². The van der Waals surface area contributed by atoms with Crippen LogP contribution in [0.3, 0.4) is 0 Å². The number of nitrogens with zero attached hydrogens (tertiary/aromatic N) is 2. The Morgan fingerprint density at radius 2 is 1.90 bits per heavy atom. The Bertz CT molecular complexity index is 1170. The molecule has 1 aromatic carbocycles. The molecular weight excluding hydrogens is 444 g/mol. The maximum absolute atomic E-state index is 13.3. The molecule has 7 nitrogen and oxygen atoms in total. The van der Waals surface area contributed by atoms with Crippen molar-refractivity contribution in [3.63, 3.8) is 0 Å². The number of halogens is 1. The molecule has 2 heterocycles. The van der Waals surface area contributed by atoms with Gasteiger partial charge in [-0.25, -0.2) is 9.78 Å². The zero-order valence-corrected chi connectivity index (χ0v) is 19.3. The normalized spacial score (nSPS) is 11.1. The molecule has 3 aromatic rings. The van der Waals surface area contributed by atoms with E-state index in [0.29, 0.717) is 26.1 Å². The first-order chi connectivity index (χ1) is 14.2. The van der Waals surface area contributed by atoms with Crippen LogP contribution in [-0.4, -0.2) is 33.3 Å². The van der Waals surface area contributed by atoms with Crippen LogP contribution in [0.5, 0.6) is 0 Å². The molecule has 0 saturated heterocycles. The van der Waals surface area contributed by atoms with Crippen molar-refractivity contribution in [2.24, 2.45) is 0 Å². The van der Waals surface area contributed by atoms with Crippen molar-refractivity contribution in [3.05, 3.63) is 50.1 Å². The third-order valence-electron chi connectivity index (χ3n) is 4.26. The predicted octanol–water partition coefficient (Wildman–Crippen LogP) is 4.04. The number of rotatable bonds is 5. The van der Waals surface area contributed by atoms with E-state index < -0.39 is 11.9 Å². The average Bonchev–Trinajstić information content (AvgIpc) is 2.94. The van der Waals surface area contributed by atoms with E-state index in [1.807, 2.05) is 13.8 Å². The lowest BCUT2D eigenvalue weighted by atomic mass is 10.2. The third kappa shape index (κ3) is 4.85. The summed E-state index contributed by atoms with van der Waals surface area (Å²) < 4.78 is 1.48. The van der Waals surface area contributed by atoms with Crippen molar-refractivity contribution in [2.75, 3.05) is 5.75 Å². The molecule has 0 fully saturated rings. The lowest BCUT2D eigenvalue weighted by Gasteiger charge is -2.13. The number of nitrogens with one attached hydrogen (secondary N) is 2. The van der Waals surface area contributed by atoms with Crippen molar-refractivity contribution in [2.45, 2.75) is 38.9 Å². The van der Waals surface area contributed by atoms with Gasteiger partial charge in [0, 0.05) is 15.9 Å². The highest BCUT2D eigenvalue weighted by molar-refractivity contribution is 7.99. The molecule has 0 saturated carbocycles. The third-order valence-corrected chi connectivity index (χ3v) is 6.55. The van der Waals surface area contributed by atoms with E-state index in [4.69, 9.17) is 11.6 Å². The van der Waals surface area contributed by atoms with Gasteiger partial charge in [0.1, 0.15) is 4.83 Å². The monoisotopic (exact) mass is 464 g/mol. The van der Waals surface area contributed by atoms with E-state index in [0.717, 1.165) is 22.2 Å². The molecule has 0 atom stereocenters. The van der Waals surface area contributed by atoms with E-state index in [2.05, 4.69) is 15.6 Å². The maximum atomic E-state index is 13.3. The Hall–Kier alpha value is -2.36. The molecule has 10 heteroatoms. The molecule has 0 aliphatic carbocycles. The number of thioether (sulfide) groups is 1. The summed E-state index contributed by atoms with van der Waals surface area (Å²) >= 11 is 8.53. The van der Waals surface area contributed by atoms with Gasteiger partial charge in [-0.15, -0.1) is 11.3 Å². The van der Waals surface area contributed by atoms with E-state index in [1.165, 1.54) is 15.9 Å². The van der Waals surface area contributed by atoms with E-state index in [-0.39, 0.29) is 17.4 Å². The van der Waals surface area contributed by atoms with Crippen LogP contribution >= 0.6 is 34.7 Å². The second kappa shape index (κ2) is 9.20. The molecule has 2 aromatic heterocycles. The van der Waals surface area contributed by atoms with Gasteiger partial charge in [-0.2, -0.15) is 0 Å². The van der Waals surface area contributed by atoms with Crippen LogP contribution < -0.4 is 16.2 Å². The summed E-state index contributed by atoms with van der Waals surface area (Å²) in [6, 6.07) is 6.19. The summed E-state index contributed by atoms with van der Waals surface area (Å²) in [6.07, 6.45) is 0. The van der Waals surface area contributed by atoms with Gasteiger partial charge in [0.15, 0.2) is 5.16 Å². The quantitative estimate of drug-likeness (QED) is 0.439. The fraction of sp³-hybridized carbons (Fsp3) is 0.300. The van der Waals surface area contributed by atoms with Gasteiger partial charge in [0.05, 0.1) is 16.8 Å². The predicted molar refractivity (Wildman–Crippen MR) is 122 cm³/mol. The van der Waals surface area contributed by atoms with Crippen molar-refractivity contribution in [1.29, 1.82) is 0 Å². The average molecular weight is 465 g/mol. The number of carbonyl (C=O) groups excluding carboxylic acids is 2. The summed E-state index contributed by atoms with van der Waals surface area (Å²) in [5.41, 5.74) is 1.29. The molecule has 3 amide bonds. The minimum atomic E-state index is -0.557. The van der Waals surface area contributed by atoms with Crippen LogP contribution in [0.2, 0.25) is 5.02 Å². The molecule has 0 unspecified atom stereocenters. The first-order valence-corrected chi connectivity index (χ1v) is 11.4. The second-order valence-electron chi connectivity index (χ2n) is 6.94. The van der Waals surface area contributed by atoms with Gasteiger partial charge in [-0.3, -0.25) is 19.5 Å². The van der Waals surface area contributed by atoms with Crippen LogP contribution in [0.25, 0.3) is 15.9 Å². The summed E-state index contributed by atoms with van der Waals surface area (Å²) in [4.78, 5) is 43.5. The second-order valence-corrected chi connectivity index (χ2v) is 9.52.